The van der Waals surface area contributed by atoms with Crippen molar-refractivity contribution in [2.45, 2.75) is 0 Å². The summed E-state index contributed by atoms with van der Waals surface area (Å²) in [5.41, 5.74) is 1.14. The highest BCUT2D eigenvalue weighted by molar-refractivity contribution is 6.05. The zero-order valence-electron chi connectivity index (χ0n) is 16.0. The molecule has 0 radical (unpaired) electrons. The number of esters is 1. The van der Waals surface area contributed by atoms with Gasteiger partial charge >= 0.3 is 5.97 Å². The largest absolute Gasteiger partial charge is 0.508 e. The van der Waals surface area contributed by atoms with Crippen molar-refractivity contribution in [2.24, 2.45) is 17.3 Å². The van der Waals surface area contributed by atoms with Gasteiger partial charge in [0.2, 0.25) is 0 Å². The van der Waals surface area contributed by atoms with Gasteiger partial charge in [-0.15, -0.1) is 5.11 Å². The molecule has 3 rings (SSSR count). The number of amides is 2. The minimum atomic E-state index is -0.781. The minimum absolute atomic E-state index is 0.0989. The number of azo groups is 1. The maximum Gasteiger partial charge on any atom is 0.340 e. The summed E-state index contributed by atoms with van der Waals surface area (Å²) >= 11 is 0. The molecule has 30 heavy (non-hydrogen) atoms. The van der Waals surface area contributed by atoms with Crippen molar-refractivity contribution in [3.8, 4) is 5.75 Å². The molecule has 0 fully saturated rings. The summed E-state index contributed by atoms with van der Waals surface area (Å²) in [5.74, 6) is -2.03. The van der Waals surface area contributed by atoms with Gasteiger partial charge in [0.15, 0.2) is 6.61 Å². The molecule has 0 aliphatic carbocycles. The van der Waals surface area contributed by atoms with Gasteiger partial charge in [-0.25, -0.2) is 4.79 Å². The molecular weight excluding hydrogens is 388 g/mol. The Morgan fingerprint density at radius 1 is 1.00 bits per heavy atom. The molecule has 0 aliphatic rings. The molecule has 0 saturated heterocycles. The average molecular weight is 406 g/mol. The smallest absolute Gasteiger partial charge is 0.340 e. The number of benzene rings is 2. The Bertz CT molecular complexity index is 1100. The van der Waals surface area contributed by atoms with Crippen LogP contribution in [-0.2, 0) is 16.6 Å². The number of phenolic OH excluding ortho intramolecular Hbond substituents is 1. The molecule has 0 atom stereocenters. The summed E-state index contributed by atoms with van der Waals surface area (Å²) in [7, 11) is 1.67. The van der Waals surface area contributed by atoms with E-state index in [2.05, 4.69) is 15.5 Å². The van der Waals surface area contributed by atoms with Crippen LogP contribution in [0.3, 0.4) is 0 Å². The van der Waals surface area contributed by atoms with Crippen LogP contribution in [0.2, 0.25) is 0 Å². The van der Waals surface area contributed by atoms with Crippen molar-refractivity contribution in [3.05, 3.63) is 78.1 Å². The van der Waals surface area contributed by atoms with E-state index in [1.54, 1.807) is 60.3 Å². The summed E-state index contributed by atoms with van der Waals surface area (Å²) in [6.45, 7) is -0.627. The van der Waals surface area contributed by atoms with Crippen LogP contribution in [0.25, 0.3) is 0 Å². The molecule has 0 spiro atoms. The molecule has 9 nitrogen and oxygen atoms in total. The van der Waals surface area contributed by atoms with E-state index in [4.69, 9.17) is 4.74 Å². The lowest BCUT2D eigenvalue weighted by Gasteiger charge is -2.07. The highest BCUT2D eigenvalue weighted by atomic mass is 16.5. The Balaban J connectivity index is 1.61. The van der Waals surface area contributed by atoms with Gasteiger partial charge in [0, 0.05) is 13.2 Å². The molecule has 1 heterocycles. The maximum atomic E-state index is 12.4. The second-order valence-corrected chi connectivity index (χ2v) is 6.19. The van der Waals surface area contributed by atoms with E-state index in [1.807, 2.05) is 0 Å². The van der Waals surface area contributed by atoms with Crippen molar-refractivity contribution >= 4 is 29.2 Å². The number of nitrogens with zero attached hydrogens (tertiary/aromatic N) is 3. The zero-order valence-corrected chi connectivity index (χ0v) is 16.0. The number of phenols is 1. The molecule has 0 aliphatic heterocycles. The Morgan fingerprint density at radius 2 is 1.73 bits per heavy atom. The first-order chi connectivity index (χ1) is 14.4. The molecular formula is C21H18N4O5. The number of carbonyl (C=O) groups is 3. The summed E-state index contributed by atoms with van der Waals surface area (Å²) in [5, 5.41) is 19.5. The summed E-state index contributed by atoms with van der Waals surface area (Å²) in [6, 6.07) is 15.6. The van der Waals surface area contributed by atoms with Crippen LogP contribution in [0.4, 0.5) is 11.4 Å². The number of imide groups is 1. The number of carbonyl (C=O) groups excluding carboxylic acids is 3. The molecule has 0 unspecified atom stereocenters. The highest BCUT2D eigenvalue weighted by Crippen LogP contribution is 2.24. The van der Waals surface area contributed by atoms with Crippen LogP contribution in [-0.4, -0.2) is 34.1 Å². The predicted octanol–water partition coefficient (Wildman–Crippen LogP) is 3.26. The van der Waals surface area contributed by atoms with Gasteiger partial charge in [-0.1, -0.05) is 12.1 Å². The highest BCUT2D eigenvalue weighted by Gasteiger charge is 2.17. The summed E-state index contributed by atoms with van der Waals surface area (Å²) in [4.78, 5) is 36.3. The average Bonchev–Trinajstić information content (AvgIpc) is 3.18. The van der Waals surface area contributed by atoms with Crippen molar-refractivity contribution in [1.82, 2.24) is 9.88 Å². The third kappa shape index (κ3) is 5.16. The number of rotatable bonds is 6. The molecule has 152 valence electrons. The second kappa shape index (κ2) is 9.28. The molecule has 2 amide bonds. The van der Waals surface area contributed by atoms with E-state index >= 15 is 0 Å². The van der Waals surface area contributed by atoms with Gasteiger partial charge in [-0.2, -0.15) is 5.11 Å². The number of aromatic hydroxyl groups is 1. The van der Waals surface area contributed by atoms with E-state index in [9.17, 15) is 19.5 Å². The van der Waals surface area contributed by atoms with E-state index in [0.717, 1.165) is 0 Å². The van der Waals surface area contributed by atoms with Gasteiger partial charge in [0.1, 0.15) is 17.1 Å². The van der Waals surface area contributed by atoms with Gasteiger partial charge in [0.25, 0.3) is 11.8 Å². The Labute approximate surface area is 171 Å². The first-order valence-corrected chi connectivity index (χ1v) is 8.86. The molecule has 0 bridgehead atoms. The van der Waals surface area contributed by atoms with Crippen molar-refractivity contribution in [3.63, 3.8) is 0 Å². The van der Waals surface area contributed by atoms with Gasteiger partial charge in [0.05, 0.1) is 11.3 Å². The van der Waals surface area contributed by atoms with Crippen molar-refractivity contribution < 1.29 is 24.2 Å². The quantitative estimate of drug-likeness (QED) is 0.481. The molecule has 2 N–H and O–H groups in total. The van der Waals surface area contributed by atoms with Gasteiger partial charge < -0.3 is 14.4 Å². The van der Waals surface area contributed by atoms with E-state index in [0.29, 0.717) is 11.4 Å². The first-order valence-electron chi connectivity index (χ1n) is 8.86. The molecule has 3 aromatic rings. The fourth-order valence-corrected chi connectivity index (χ4v) is 2.50. The third-order valence-electron chi connectivity index (χ3n) is 4.01. The van der Waals surface area contributed by atoms with Crippen molar-refractivity contribution in [2.75, 3.05) is 6.61 Å². The number of hydrogen-bond donors (Lipinski definition) is 2. The topological polar surface area (TPSA) is 122 Å². The number of aromatic nitrogens is 1. The maximum absolute atomic E-state index is 12.4. The first kappa shape index (κ1) is 20.5. The number of hydrogen-bond acceptors (Lipinski definition) is 7. The van der Waals surface area contributed by atoms with Crippen LogP contribution < -0.4 is 5.32 Å². The second-order valence-electron chi connectivity index (χ2n) is 6.19. The normalized spacial score (nSPS) is 10.7. The van der Waals surface area contributed by atoms with E-state index < -0.39 is 24.4 Å². The van der Waals surface area contributed by atoms with Gasteiger partial charge in [-0.3, -0.25) is 14.9 Å². The lowest BCUT2D eigenvalue weighted by molar-refractivity contribution is -0.123. The Morgan fingerprint density at radius 3 is 2.43 bits per heavy atom. The summed E-state index contributed by atoms with van der Waals surface area (Å²) < 4.78 is 6.56. The van der Waals surface area contributed by atoms with Crippen LogP contribution >= 0.6 is 0 Å². The lowest BCUT2D eigenvalue weighted by atomic mass is 10.2. The fourth-order valence-electron chi connectivity index (χ4n) is 2.50. The van der Waals surface area contributed by atoms with E-state index in [1.165, 1.54) is 18.2 Å². The lowest BCUT2D eigenvalue weighted by Crippen LogP contribution is -2.35. The van der Waals surface area contributed by atoms with Crippen LogP contribution in [0.15, 0.2) is 77.1 Å². The molecule has 0 saturated carbocycles. The third-order valence-corrected chi connectivity index (χ3v) is 4.01. The number of aryl methyl sites for hydroxylation is 1. The minimum Gasteiger partial charge on any atom is -0.508 e. The monoisotopic (exact) mass is 406 g/mol. The van der Waals surface area contributed by atoms with Crippen molar-refractivity contribution in [1.29, 1.82) is 0 Å². The van der Waals surface area contributed by atoms with Gasteiger partial charge in [-0.05, 0) is 48.5 Å². The standard InChI is InChI=1S/C21H18N4O5/c1-25-12-4-7-18(25)20(28)22-19(27)13-30-21(29)16-5-2-3-6-17(16)24-23-14-8-10-15(26)11-9-14/h2-12,26H,13H2,1H3,(H,22,27,28). The zero-order chi connectivity index (χ0) is 21.5. The fraction of sp³-hybridized carbons (Fsp3) is 0.0952. The number of nitrogens with one attached hydrogen (secondary N) is 1. The number of ether oxygens (including phenoxy) is 1. The van der Waals surface area contributed by atoms with E-state index in [-0.39, 0.29) is 17.0 Å². The predicted molar refractivity (Wildman–Crippen MR) is 107 cm³/mol. The molecule has 2 aromatic carbocycles. The Hall–Kier alpha value is -4.27. The van der Waals surface area contributed by atoms with Crippen LogP contribution in [0.5, 0.6) is 5.75 Å². The van der Waals surface area contributed by atoms with Crippen LogP contribution in [0, 0.1) is 0 Å². The van der Waals surface area contributed by atoms with Crippen LogP contribution in [0.1, 0.15) is 20.8 Å². The molecule has 9 heteroatoms. The SMILES string of the molecule is Cn1cccc1C(=O)NC(=O)COC(=O)c1ccccc1N=Nc1ccc(O)cc1. The summed E-state index contributed by atoms with van der Waals surface area (Å²) in [6.07, 6.45) is 1.67. The molecule has 1 aromatic heterocycles. The Kier molecular flexibility index (Phi) is 6.33.